The molecule has 2 rings (SSSR count). The van der Waals surface area contributed by atoms with Crippen molar-refractivity contribution in [2.24, 2.45) is 4.99 Å². The lowest BCUT2D eigenvalue weighted by molar-refractivity contribution is -0.129. The number of ether oxygens (including phenoxy) is 1. The first-order chi connectivity index (χ1) is 13.6. The van der Waals surface area contributed by atoms with E-state index in [1.165, 1.54) is 11.8 Å². The Morgan fingerprint density at radius 1 is 1.21 bits per heavy atom. The summed E-state index contributed by atoms with van der Waals surface area (Å²) in [5, 5.41) is 3.13. The Labute approximate surface area is 172 Å². The molecule has 0 radical (unpaired) electrons. The Hall–Kier alpha value is -2.02. The predicted molar refractivity (Wildman–Crippen MR) is 116 cm³/mol. The van der Waals surface area contributed by atoms with Crippen LogP contribution in [-0.4, -0.2) is 46.8 Å². The van der Waals surface area contributed by atoms with Crippen molar-refractivity contribution in [1.82, 2.24) is 4.90 Å². The zero-order valence-electron chi connectivity index (χ0n) is 17.1. The van der Waals surface area contributed by atoms with Crippen molar-refractivity contribution >= 4 is 34.4 Å². The number of carbonyl (C=O) groups excluding carboxylic acids is 2. The molecule has 1 N–H and O–H groups in total. The number of amidine groups is 1. The number of anilines is 1. The van der Waals surface area contributed by atoms with Gasteiger partial charge in [-0.1, -0.05) is 38.5 Å². The van der Waals surface area contributed by atoms with Crippen LogP contribution in [0.4, 0.5) is 5.69 Å². The maximum absolute atomic E-state index is 12.7. The number of nitrogens with one attached hydrogen (secondary N) is 1. The van der Waals surface area contributed by atoms with Gasteiger partial charge in [0.25, 0.3) is 0 Å². The smallest absolute Gasteiger partial charge is 0.238 e. The van der Waals surface area contributed by atoms with Crippen LogP contribution in [0.3, 0.4) is 0 Å². The third-order valence-electron chi connectivity index (χ3n) is 4.36. The predicted octanol–water partition coefficient (Wildman–Crippen LogP) is 4.31. The van der Waals surface area contributed by atoms with Gasteiger partial charge in [0.1, 0.15) is 11.0 Å². The third-order valence-corrected chi connectivity index (χ3v) is 5.58. The van der Waals surface area contributed by atoms with Crippen molar-refractivity contribution in [2.75, 3.05) is 25.0 Å². The lowest BCUT2D eigenvalue weighted by Crippen LogP contribution is -2.45. The van der Waals surface area contributed by atoms with E-state index in [1.807, 2.05) is 31.2 Å². The van der Waals surface area contributed by atoms with Crippen LogP contribution in [0.25, 0.3) is 0 Å². The number of carbonyl (C=O) groups is 2. The van der Waals surface area contributed by atoms with Crippen molar-refractivity contribution in [1.29, 1.82) is 0 Å². The Morgan fingerprint density at radius 2 is 1.93 bits per heavy atom. The van der Waals surface area contributed by atoms with Crippen molar-refractivity contribution in [2.45, 2.75) is 58.1 Å². The molecule has 0 bridgehead atoms. The molecule has 1 aliphatic rings. The van der Waals surface area contributed by atoms with Gasteiger partial charge in [0.05, 0.1) is 6.61 Å². The molecule has 1 unspecified atom stereocenters. The topological polar surface area (TPSA) is 71.0 Å². The molecule has 1 saturated heterocycles. The third kappa shape index (κ3) is 6.55. The van der Waals surface area contributed by atoms with Gasteiger partial charge in [-0.05, 0) is 44.0 Å². The molecule has 1 aromatic carbocycles. The largest absolute Gasteiger partial charge is 0.494 e. The number of hydrogen-bond donors (Lipinski definition) is 1. The van der Waals surface area contributed by atoms with Crippen LogP contribution in [0.5, 0.6) is 5.75 Å². The summed E-state index contributed by atoms with van der Waals surface area (Å²) < 4.78 is 5.42. The van der Waals surface area contributed by atoms with Crippen LogP contribution in [0, 0.1) is 0 Å². The van der Waals surface area contributed by atoms with Gasteiger partial charge in [0, 0.05) is 25.2 Å². The summed E-state index contributed by atoms with van der Waals surface area (Å²) in [5.41, 5.74) is 0.694. The molecule has 6 nitrogen and oxygen atoms in total. The van der Waals surface area contributed by atoms with Crippen LogP contribution in [0.1, 0.15) is 52.9 Å². The van der Waals surface area contributed by atoms with E-state index in [0.29, 0.717) is 30.6 Å². The van der Waals surface area contributed by atoms with E-state index < -0.39 is 5.25 Å². The Morgan fingerprint density at radius 3 is 2.57 bits per heavy atom. The molecule has 0 spiro atoms. The highest BCUT2D eigenvalue weighted by molar-refractivity contribution is 8.15. The van der Waals surface area contributed by atoms with Crippen LogP contribution < -0.4 is 10.1 Å². The van der Waals surface area contributed by atoms with Gasteiger partial charge < -0.3 is 10.1 Å². The van der Waals surface area contributed by atoms with Crippen molar-refractivity contribution in [3.8, 4) is 5.75 Å². The summed E-state index contributed by atoms with van der Waals surface area (Å²) >= 11 is 1.40. The highest BCUT2D eigenvalue weighted by Gasteiger charge is 2.35. The van der Waals surface area contributed by atoms with Gasteiger partial charge in [-0.3, -0.25) is 19.5 Å². The number of benzene rings is 1. The van der Waals surface area contributed by atoms with Gasteiger partial charge in [-0.2, -0.15) is 0 Å². The molecule has 7 heteroatoms. The average molecular weight is 406 g/mol. The highest BCUT2D eigenvalue weighted by Crippen LogP contribution is 2.28. The first-order valence-electron chi connectivity index (χ1n) is 10.1. The fraction of sp³-hybridized carbons (Fsp3) is 0.571. The highest BCUT2D eigenvalue weighted by atomic mass is 32.2. The SMILES string of the molecule is CCCCN=C1SC(C(=O)Nc2ccc(OCC)cc2)CC(=O)N1CCCC. The van der Waals surface area contributed by atoms with Crippen LogP contribution >= 0.6 is 11.8 Å². The summed E-state index contributed by atoms with van der Waals surface area (Å²) in [4.78, 5) is 31.8. The van der Waals surface area contributed by atoms with Gasteiger partial charge in [-0.15, -0.1) is 0 Å². The van der Waals surface area contributed by atoms with Crippen LogP contribution in [0.15, 0.2) is 29.3 Å². The molecule has 1 heterocycles. The summed E-state index contributed by atoms with van der Waals surface area (Å²) in [6.45, 7) is 8.09. The molecule has 154 valence electrons. The molecule has 0 saturated carbocycles. The molecule has 1 atom stereocenters. The average Bonchev–Trinajstić information content (AvgIpc) is 2.69. The second kappa shape index (κ2) is 11.7. The summed E-state index contributed by atoms with van der Waals surface area (Å²) in [6.07, 6.45) is 4.17. The molecule has 1 aliphatic heterocycles. The van der Waals surface area contributed by atoms with E-state index in [1.54, 1.807) is 4.90 Å². The monoisotopic (exact) mass is 405 g/mol. The molecule has 2 amide bonds. The molecular formula is C21H31N3O3S. The minimum Gasteiger partial charge on any atom is -0.494 e. The molecule has 1 aromatic rings. The van der Waals surface area contributed by atoms with Crippen molar-refractivity contribution in [3.05, 3.63) is 24.3 Å². The second-order valence-electron chi connectivity index (χ2n) is 6.67. The Balaban J connectivity index is 2.04. The zero-order chi connectivity index (χ0) is 20.4. The maximum atomic E-state index is 12.7. The van der Waals surface area contributed by atoms with Gasteiger partial charge in [-0.25, -0.2) is 0 Å². The first-order valence-corrected chi connectivity index (χ1v) is 11.0. The lowest BCUT2D eigenvalue weighted by Gasteiger charge is -2.31. The van der Waals surface area contributed by atoms with E-state index in [-0.39, 0.29) is 18.2 Å². The van der Waals surface area contributed by atoms with Crippen molar-refractivity contribution < 1.29 is 14.3 Å². The maximum Gasteiger partial charge on any atom is 0.238 e. The fourth-order valence-electron chi connectivity index (χ4n) is 2.77. The number of rotatable bonds is 10. The molecule has 1 fully saturated rings. The van der Waals surface area contributed by atoms with E-state index in [2.05, 4.69) is 24.2 Å². The van der Waals surface area contributed by atoms with E-state index in [0.717, 1.165) is 31.4 Å². The standard InChI is InChI=1S/C21H31N3O3S/c1-4-7-13-22-21-24(14-8-5-2)19(25)15-18(28-21)20(26)23-16-9-11-17(12-10-16)27-6-3/h9-12,18H,4-8,13-15H2,1-3H3,(H,23,26). The van der Waals surface area contributed by atoms with E-state index >= 15 is 0 Å². The number of amides is 2. The Kier molecular flexibility index (Phi) is 9.34. The minimum absolute atomic E-state index is 0.0192. The number of aliphatic imine (C=N–C) groups is 1. The molecule has 0 aliphatic carbocycles. The van der Waals surface area contributed by atoms with Crippen LogP contribution in [0.2, 0.25) is 0 Å². The molecule has 0 aromatic heterocycles. The lowest BCUT2D eigenvalue weighted by atomic mass is 10.2. The number of unbranched alkanes of at least 4 members (excludes halogenated alkanes) is 2. The zero-order valence-corrected chi connectivity index (χ0v) is 17.9. The van der Waals surface area contributed by atoms with Gasteiger partial charge in [0.15, 0.2) is 5.17 Å². The quantitative estimate of drug-likeness (QED) is 0.589. The van der Waals surface area contributed by atoms with Gasteiger partial charge >= 0.3 is 0 Å². The minimum atomic E-state index is -0.461. The van der Waals surface area contributed by atoms with Crippen LogP contribution in [-0.2, 0) is 9.59 Å². The summed E-state index contributed by atoms with van der Waals surface area (Å²) in [7, 11) is 0. The number of hydrogen-bond acceptors (Lipinski definition) is 5. The normalized spacial score (nSPS) is 18.4. The number of thioether (sulfide) groups is 1. The first kappa shape index (κ1) is 22.3. The van der Waals surface area contributed by atoms with E-state index in [9.17, 15) is 9.59 Å². The second-order valence-corrected chi connectivity index (χ2v) is 7.84. The summed E-state index contributed by atoms with van der Waals surface area (Å²) in [5.74, 6) is 0.578. The fourth-order valence-corrected chi connectivity index (χ4v) is 3.90. The molecular weight excluding hydrogens is 374 g/mol. The summed E-state index contributed by atoms with van der Waals surface area (Å²) in [6, 6.07) is 7.26. The molecule has 28 heavy (non-hydrogen) atoms. The Bertz CT molecular complexity index is 676. The van der Waals surface area contributed by atoms with Crippen molar-refractivity contribution in [3.63, 3.8) is 0 Å². The van der Waals surface area contributed by atoms with Gasteiger partial charge in [0.2, 0.25) is 11.8 Å². The van der Waals surface area contributed by atoms with E-state index in [4.69, 9.17) is 4.74 Å². The number of nitrogens with zero attached hydrogens (tertiary/aromatic N) is 2.